The molecule has 0 radical (unpaired) electrons. The lowest BCUT2D eigenvalue weighted by atomic mass is 10.1. The maximum Gasteiger partial charge on any atom is 0.329 e. The zero-order valence-corrected chi connectivity index (χ0v) is 14.4. The van der Waals surface area contributed by atoms with E-state index in [1.165, 1.54) is 18.7 Å². The number of esters is 1. The predicted molar refractivity (Wildman–Crippen MR) is 90.5 cm³/mol. The molecular formula is C15H19ClN2O4S. The van der Waals surface area contributed by atoms with Crippen molar-refractivity contribution in [1.82, 2.24) is 5.32 Å². The molecule has 2 amide bonds. The van der Waals surface area contributed by atoms with Gasteiger partial charge < -0.3 is 15.8 Å². The molecule has 0 aliphatic carbocycles. The van der Waals surface area contributed by atoms with Crippen molar-refractivity contribution in [2.45, 2.75) is 25.5 Å². The highest BCUT2D eigenvalue weighted by Crippen LogP contribution is 2.15. The summed E-state index contributed by atoms with van der Waals surface area (Å²) >= 11 is 7.49. The van der Waals surface area contributed by atoms with Crippen LogP contribution >= 0.6 is 23.4 Å². The SMILES string of the molecule is CSCC[C@@H](NC(=O)c1ccccc1Cl)C(=O)O[C@H](C)C(N)=O. The molecule has 0 aliphatic heterocycles. The molecule has 2 atom stereocenters. The Morgan fingerprint density at radius 3 is 2.57 bits per heavy atom. The van der Waals surface area contributed by atoms with Gasteiger partial charge in [0.15, 0.2) is 6.10 Å². The zero-order chi connectivity index (χ0) is 17.4. The molecular weight excluding hydrogens is 340 g/mol. The Bertz CT molecular complexity index is 582. The van der Waals surface area contributed by atoms with E-state index in [1.807, 2.05) is 6.26 Å². The van der Waals surface area contributed by atoms with E-state index in [-0.39, 0.29) is 10.6 Å². The third-order valence-corrected chi connectivity index (χ3v) is 3.99. The Morgan fingerprint density at radius 2 is 2.00 bits per heavy atom. The van der Waals surface area contributed by atoms with Gasteiger partial charge in [0.2, 0.25) is 0 Å². The van der Waals surface area contributed by atoms with Crippen LogP contribution in [0.2, 0.25) is 5.02 Å². The largest absolute Gasteiger partial charge is 0.451 e. The second-order valence-electron chi connectivity index (χ2n) is 4.77. The quantitative estimate of drug-likeness (QED) is 0.688. The van der Waals surface area contributed by atoms with E-state index in [0.29, 0.717) is 12.2 Å². The molecule has 0 unspecified atom stereocenters. The van der Waals surface area contributed by atoms with Crippen LogP contribution in [0.4, 0.5) is 0 Å². The minimum Gasteiger partial charge on any atom is -0.451 e. The fourth-order valence-corrected chi connectivity index (χ4v) is 2.37. The smallest absolute Gasteiger partial charge is 0.329 e. The van der Waals surface area contributed by atoms with Gasteiger partial charge in [-0.1, -0.05) is 23.7 Å². The average Bonchev–Trinajstić information content (AvgIpc) is 2.51. The number of hydrogen-bond donors (Lipinski definition) is 2. The van der Waals surface area contributed by atoms with Crippen LogP contribution in [-0.2, 0) is 14.3 Å². The number of rotatable bonds is 8. The minimum absolute atomic E-state index is 0.263. The van der Waals surface area contributed by atoms with Crippen LogP contribution in [0, 0.1) is 0 Å². The second-order valence-corrected chi connectivity index (χ2v) is 6.16. The summed E-state index contributed by atoms with van der Waals surface area (Å²) in [6, 6.07) is 5.63. The molecule has 1 aromatic carbocycles. The highest BCUT2D eigenvalue weighted by atomic mass is 35.5. The van der Waals surface area contributed by atoms with Crippen LogP contribution in [0.5, 0.6) is 0 Å². The van der Waals surface area contributed by atoms with Crippen LogP contribution in [0.15, 0.2) is 24.3 Å². The molecule has 3 N–H and O–H groups in total. The van der Waals surface area contributed by atoms with Crippen LogP contribution in [0.1, 0.15) is 23.7 Å². The number of thioether (sulfide) groups is 1. The average molecular weight is 359 g/mol. The summed E-state index contributed by atoms with van der Waals surface area (Å²) in [4.78, 5) is 35.4. The van der Waals surface area contributed by atoms with Crippen molar-refractivity contribution in [1.29, 1.82) is 0 Å². The van der Waals surface area contributed by atoms with Crippen molar-refractivity contribution >= 4 is 41.1 Å². The van der Waals surface area contributed by atoms with Gasteiger partial charge in [-0.15, -0.1) is 0 Å². The van der Waals surface area contributed by atoms with Gasteiger partial charge in [-0.3, -0.25) is 9.59 Å². The number of ether oxygens (including phenoxy) is 1. The van der Waals surface area contributed by atoms with Crippen molar-refractivity contribution < 1.29 is 19.1 Å². The standard InChI is InChI=1S/C15H19ClN2O4S/c1-9(13(17)19)22-15(21)12(7-8-23-2)18-14(20)10-5-3-4-6-11(10)16/h3-6,9,12H,7-8H2,1-2H3,(H2,17,19)(H,18,20)/t9-,12-/m1/s1. The molecule has 1 aromatic rings. The number of nitrogens with two attached hydrogens (primary N) is 1. The van der Waals surface area contributed by atoms with Gasteiger partial charge in [-0.05, 0) is 37.5 Å². The number of halogens is 1. The van der Waals surface area contributed by atoms with E-state index in [2.05, 4.69) is 5.32 Å². The number of benzene rings is 1. The van der Waals surface area contributed by atoms with E-state index in [1.54, 1.807) is 24.3 Å². The van der Waals surface area contributed by atoms with Crippen LogP contribution in [0.25, 0.3) is 0 Å². The van der Waals surface area contributed by atoms with Crippen molar-refractivity contribution in [2.75, 3.05) is 12.0 Å². The van der Waals surface area contributed by atoms with Crippen molar-refractivity contribution in [3.63, 3.8) is 0 Å². The number of nitrogens with one attached hydrogen (secondary N) is 1. The van der Waals surface area contributed by atoms with Crippen LogP contribution < -0.4 is 11.1 Å². The van der Waals surface area contributed by atoms with Gasteiger partial charge in [-0.25, -0.2) is 4.79 Å². The first-order valence-corrected chi connectivity index (χ1v) is 8.68. The summed E-state index contributed by atoms with van der Waals surface area (Å²) in [5.74, 6) is -1.30. The number of hydrogen-bond acceptors (Lipinski definition) is 5. The number of carbonyl (C=O) groups is 3. The molecule has 0 bridgehead atoms. The third kappa shape index (κ3) is 6.11. The van der Waals surface area contributed by atoms with Crippen molar-refractivity contribution in [2.24, 2.45) is 5.73 Å². The molecule has 126 valence electrons. The fourth-order valence-electron chi connectivity index (χ4n) is 1.68. The molecule has 0 saturated heterocycles. The molecule has 0 spiro atoms. The van der Waals surface area contributed by atoms with Crippen LogP contribution in [0.3, 0.4) is 0 Å². The Morgan fingerprint density at radius 1 is 1.35 bits per heavy atom. The lowest BCUT2D eigenvalue weighted by Gasteiger charge is -2.19. The Balaban J connectivity index is 2.81. The molecule has 0 fully saturated rings. The summed E-state index contributed by atoms with van der Waals surface area (Å²) in [6.07, 6.45) is 1.18. The van der Waals surface area contributed by atoms with Gasteiger partial charge in [0, 0.05) is 0 Å². The molecule has 0 aliphatic rings. The molecule has 23 heavy (non-hydrogen) atoms. The van der Waals surface area contributed by atoms with Gasteiger partial charge in [0.1, 0.15) is 6.04 Å². The Labute approximate surface area is 144 Å². The van der Waals surface area contributed by atoms with Gasteiger partial charge in [0.05, 0.1) is 10.6 Å². The second kappa shape index (κ2) is 9.42. The summed E-state index contributed by atoms with van der Waals surface area (Å²) in [5, 5.41) is 2.87. The van der Waals surface area contributed by atoms with Gasteiger partial charge in [-0.2, -0.15) is 11.8 Å². The highest BCUT2D eigenvalue weighted by molar-refractivity contribution is 7.98. The van der Waals surface area contributed by atoms with E-state index in [4.69, 9.17) is 22.1 Å². The van der Waals surface area contributed by atoms with E-state index in [0.717, 1.165) is 0 Å². The molecule has 8 heteroatoms. The van der Waals surface area contributed by atoms with Gasteiger partial charge in [0.25, 0.3) is 11.8 Å². The van der Waals surface area contributed by atoms with E-state index in [9.17, 15) is 14.4 Å². The van der Waals surface area contributed by atoms with Gasteiger partial charge >= 0.3 is 5.97 Å². The first-order chi connectivity index (χ1) is 10.9. The normalized spacial score (nSPS) is 13.0. The summed E-state index contributed by atoms with van der Waals surface area (Å²) in [7, 11) is 0. The molecule has 1 rings (SSSR count). The zero-order valence-electron chi connectivity index (χ0n) is 12.9. The van der Waals surface area contributed by atoms with Crippen molar-refractivity contribution in [3.8, 4) is 0 Å². The molecule has 0 aromatic heterocycles. The number of primary amides is 1. The lowest BCUT2D eigenvalue weighted by molar-refractivity contribution is -0.155. The Hall–Kier alpha value is -1.73. The first-order valence-electron chi connectivity index (χ1n) is 6.91. The molecule has 0 saturated carbocycles. The first kappa shape index (κ1) is 19.3. The lowest BCUT2D eigenvalue weighted by Crippen LogP contribution is -2.44. The highest BCUT2D eigenvalue weighted by Gasteiger charge is 2.26. The fraction of sp³-hybridized carbons (Fsp3) is 0.400. The minimum atomic E-state index is -1.06. The molecule has 6 nitrogen and oxygen atoms in total. The van der Waals surface area contributed by atoms with Crippen LogP contribution in [-0.4, -0.2) is 41.9 Å². The topological polar surface area (TPSA) is 98.5 Å². The Kier molecular flexibility index (Phi) is 7.91. The number of amides is 2. The molecule has 0 heterocycles. The summed E-state index contributed by atoms with van der Waals surface area (Å²) < 4.78 is 4.97. The summed E-state index contributed by atoms with van der Waals surface area (Å²) in [5.41, 5.74) is 5.33. The van der Waals surface area contributed by atoms with Crippen molar-refractivity contribution in [3.05, 3.63) is 34.9 Å². The predicted octanol–water partition coefficient (Wildman–Crippen LogP) is 1.61. The number of carbonyl (C=O) groups excluding carboxylic acids is 3. The van der Waals surface area contributed by atoms with E-state index >= 15 is 0 Å². The maximum absolute atomic E-state index is 12.3. The maximum atomic E-state index is 12.3. The summed E-state index contributed by atoms with van der Waals surface area (Å²) in [6.45, 7) is 1.38. The third-order valence-electron chi connectivity index (χ3n) is 3.01. The monoisotopic (exact) mass is 358 g/mol. The van der Waals surface area contributed by atoms with E-state index < -0.39 is 29.9 Å².